The Kier molecular flexibility index (Phi) is 5.83. The normalized spacial score (nSPS) is 17.6. The molecule has 0 bridgehead atoms. The Hall–Kier alpha value is -1.55. The van der Waals surface area contributed by atoms with Crippen LogP contribution in [-0.2, 0) is 4.79 Å². The van der Waals surface area contributed by atoms with Crippen molar-refractivity contribution in [3.63, 3.8) is 0 Å². The number of anilines is 1. The lowest BCUT2D eigenvalue weighted by atomic mass is 10.1. The van der Waals surface area contributed by atoms with E-state index in [0.717, 1.165) is 32.7 Å². The minimum absolute atomic E-state index is 0.0437. The fourth-order valence-corrected chi connectivity index (χ4v) is 2.89. The Morgan fingerprint density at radius 2 is 1.77 bits per heavy atom. The predicted octanol–water partition coefficient (Wildman–Crippen LogP) is 2.28. The van der Waals surface area contributed by atoms with E-state index >= 15 is 0 Å². The predicted molar refractivity (Wildman–Crippen MR) is 92.3 cm³/mol. The molecule has 1 fully saturated rings. The lowest BCUT2D eigenvalue weighted by Crippen LogP contribution is -2.54. The number of hydrogen-bond donors (Lipinski definition) is 1. The molecule has 1 aromatic rings. The van der Waals surface area contributed by atoms with E-state index in [0.29, 0.717) is 5.92 Å². The molecular formula is C18H29N3O. The van der Waals surface area contributed by atoms with Crippen LogP contribution in [0.2, 0.25) is 0 Å². The van der Waals surface area contributed by atoms with E-state index in [1.165, 1.54) is 11.3 Å². The van der Waals surface area contributed by atoms with Crippen LogP contribution in [0.3, 0.4) is 0 Å². The monoisotopic (exact) mass is 303 g/mol. The van der Waals surface area contributed by atoms with Gasteiger partial charge in [0.2, 0.25) is 5.91 Å². The quantitative estimate of drug-likeness (QED) is 0.906. The molecule has 1 aliphatic rings. The van der Waals surface area contributed by atoms with Crippen LogP contribution in [-0.4, -0.2) is 49.6 Å². The first-order valence-electron chi connectivity index (χ1n) is 8.31. The zero-order valence-electron chi connectivity index (χ0n) is 14.3. The Bertz CT molecular complexity index is 493. The molecule has 1 aromatic carbocycles. The van der Waals surface area contributed by atoms with Crippen molar-refractivity contribution in [2.45, 2.75) is 33.7 Å². The van der Waals surface area contributed by atoms with E-state index in [1.54, 1.807) is 0 Å². The molecular weight excluding hydrogens is 274 g/mol. The number of nitrogens with one attached hydrogen (secondary N) is 1. The van der Waals surface area contributed by atoms with Crippen molar-refractivity contribution in [3.8, 4) is 0 Å². The van der Waals surface area contributed by atoms with Gasteiger partial charge in [-0.2, -0.15) is 0 Å². The molecule has 1 heterocycles. The molecule has 1 aliphatic heterocycles. The van der Waals surface area contributed by atoms with Crippen LogP contribution in [0.25, 0.3) is 0 Å². The summed E-state index contributed by atoms with van der Waals surface area (Å²) >= 11 is 0. The molecule has 4 heteroatoms. The molecule has 22 heavy (non-hydrogen) atoms. The fourth-order valence-electron chi connectivity index (χ4n) is 2.89. The van der Waals surface area contributed by atoms with Gasteiger partial charge in [-0.1, -0.05) is 32.0 Å². The van der Waals surface area contributed by atoms with Crippen molar-refractivity contribution < 1.29 is 4.79 Å². The second kappa shape index (κ2) is 7.63. The standard InChI is InChI=1S/C18H29N3O/c1-14(2)13-19-18(22)16(4)20-9-11-21(12-10-20)17-8-6-5-7-15(17)3/h5-8,14,16H,9-13H2,1-4H3,(H,19,22)/t16-/m0/s1. The van der Waals surface area contributed by atoms with Gasteiger partial charge < -0.3 is 10.2 Å². The molecule has 1 N–H and O–H groups in total. The summed E-state index contributed by atoms with van der Waals surface area (Å²) in [6, 6.07) is 8.47. The Labute approximate surface area is 134 Å². The van der Waals surface area contributed by atoms with E-state index in [2.05, 4.69) is 60.2 Å². The van der Waals surface area contributed by atoms with Crippen LogP contribution in [0.15, 0.2) is 24.3 Å². The van der Waals surface area contributed by atoms with Crippen LogP contribution >= 0.6 is 0 Å². The highest BCUT2D eigenvalue weighted by molar-refractivity contribution is 5.81. The van der Waals surface area contributed by atoms with E-state index in [-0.39, 0.29) is 11.9 Å². The second-order valence-electron chi connectivity index (χ2n) is 6.62. The number of carbonyl (C=O) groups excluding carboxylic acids is 1. The summed E-state index contributed by atoms with van der Waals surface area (Å²) in [5.74, 6) is 0.645. The number of piperazine rings is 1. The number of hydrogen-bond acceptors (Lipinski definition) is 3. The molecule has 1 amide bonds. The topological polar surface area (TPSA) is 35.6 Å². The van der Waals surface area contributed by atoms with E-state index < -0.39 is 0 Å². The summed E-state index contributed by atoms with van der Waals surface area (Å²) in [4.78, 5) is 16.9. The molecule has 1 atom stereocenters. The summed E-state index contributed by atoms with van der Waals surface area (Å²) in [6.45, 7) is 13.0. The Morgan fingerprint density at radius 1 is 1.14 bits per heavy atom. The van der Waals surface area contributed by atoms with Crippen LogP contribution in [0, 0.1) is 12.8 Å². The maximum absolute atomic E-state index is 12.2. The van der Waals surface area contributed by atoms with Crippen molar-refractivity contribution in [2.75, 3.05) is 37.6 Å². The lowest BCUT2D eigenvalue weighted by molar-refractivity contribution is -0.126. The molecule has 0 radical (unpaired) electrons. The molecule has 122 valence electrons. The molecule has 4 nitrogen and oxygen atoms in total. The summed E-state index contributed by atoms with van der Waals surface area (Å²) in [5.41, 5.74) is 2.64. The zero-order valence-corrected chi connectivity index (χ0v) is 14.3. The van der Waals surface area contributed by atoms with Gasteiger partial charge in [0.15, 0.2) is 0 Å². The third kappa shape index (κ3) is 4.23. The Balaban J connectivity index is 1.86. The van der Waals surface area contributed by atoms with Crippen molar-refractivity contribution in [2.24, 2.45) is 5.92 Å². The molecule has 0 aliphatic carbocycles. The van der Waals surface area contributed by atoms with Crippen molar-refractivity contribution in [3.05, 3.63) is 29.8 Å². The minimum atomic E-state index is -0.0437. The van der Waals surface area contributed by atoms with Gasteiger partial charge in [0, 0.05) is 38.4 Å². The maximum atomic E-state index is 12.2. The van der Waals surface area contributed by atoms with Gasteiger partial charge >= 0.3 is 0 Å². The third-order valence-electron chi connectivity index (χ3n) is 4.38. The first kappa shape index (κ1) is 16.8. The van der Waals surface area contributed by atoms with Crippen molar-refractivity contribution in [1.82, 2.24) is 10.2 Å². The van der Waals surface area contributed by atoms with Gasteiger partial charge in [0.1, 0.15) is 0 Å². The largest absolute Gasteiger partial charge is 0.369 e. The van der Waals surface area contributed by atoms with Crippen LogP contribution < -0.4 is 10.2 Å². The highest BCUT2D eigenvalue weighted by Crippen LogP contribution is 2.21. The zero-order chi connectivity index (χ0) is 16.1. The number of amides is 1. The molecule has 1 saturated heterocycles. The van der Waals surface area contributed by atoms with Crippen molar-refractivity contribution in [1.29, 1.82) is 0 Å². The van der Waals surface area contributed by atoms with Crippen LogP contribution in [0.1, 0.15) is 26.3 Å². The second-order valence-corrected chi connectivity index (χ2v) is 6.62. The summed E-state index contributed by atoms with van der Waals surface area (Å²) in [7, 11) is 0. The number of carbonyl (C=O) groups is 1. The molecule has 0 unspecified atom stereocenters. The summed E-state index contributed by atoms with van der Waals surface area (Å²) in [6.07, 6.45) is 0. The van der Waals surface area contributed by atoms with E-state index in [4.69, 9.17) is 0 Å². The average Bonchev–Trinajstić information content (AvgIpc) is 2.52. The number of aryl methyl sites for hydroxylation is 1. The van der Waals surface area contributed by atoms with Gasteiger partial charge in [-0.15, -0.1) is 0 Å². The fraction of sp³-hybridized carbons (Fsp3) is 0.611. The van der Waals surface area contributed by atoms with Crippen LogP contribution in [0.5, 0.6) is 0 Å². The van der Waals surface area contributed by atoms with Gasteiger partial charge in [0.25, 0.3) is 0 Å². The highest BCUT2D eigenvalue weighted by atomic mass is 16.2. The summed E-state index contributed by atoms with van der Waals surface area (Å²) < 4.78 is 0. The molecule has 0 spiro atoms. The Morgan fingerprint density at radius 3 is 2.36 bits per heavy atom. The smallest absolute Gasteiger partial charge is 0.237 e. The van der Waals surface area contributed by atoms with E-state index in [1.807, 2.05) is 6.92 Å². The lowest BCUT2D eigenvalue weighted by Gasteiger charge is -2.39. The van der Waals surface area contributed by atoms with Gasteiger partial charge in [-0.25, -0.2) is 0 Å². The van der Waals surface area contributed by atoms with Gasteiger partial charge in [-0.3, -0.25) is 9.69 Å². The third-order valence-corrected chi connectivity index (χ3v) is 4.38. The number of nitrogens with zero attached hydrogens (tertiary/aromatic N) is 2. The van der Waals surface area contributed by atoms with Gasteiger partial charge in [0.05, 0.1) is 6.04 Å². The molecule has 2 rings (SSSR count). The first-order valence-corrected chi connectivity index (χ1v) is 8.31. The van der Waals surface area contributed by atoms with E-state index in [9.17, 15) is 4.79 Å². The summed E-state index contributed by atoms with van der Waals surface area (Å²) in [5, 5.41) is 3.04. The van der Waals surface area contributed by atoms with Gasteiger partial charge in [-0.05, 0) is 31.4 Å². The number of benzene rings is 1. The molecule has 0 aromatic heterocycles. The van der Waals surface area contributed by atoms with Crippen molar-refractivity contribution >= 4 is 11.6 Å². The minimum Gasteiger partial charge on any atom is -0.369 e. The number of para-hydroxylation sites is 1. The first-order chi connectivity index (χ1) is 10.5. The average molecular weight is 303 g/mol. The number of rotatable bonds is 5. The highest BCUT2D eigenvalue weighted by Gasteiger charge is 2.25. The SMILES string of the molecule is Cc1ccccc1N1CCN([C@@H](C)C(=O)NCC(C)C)CC1. The maximum Gasteiger partial charge on any atom is 0.237 e. The van der Waals surface area contributed by atoms with Crippen LogP contribution in [0.4, 0.5) is 5.69 Å². The molecule has 0 saturated carbocycles.